The van der Waals surface area contributed by atoms with Crippen molar-refractivity contribution in [2.75, 3.05) is 18.6 Å². The number of ketones is 1. The molecule has 1 N–H and O–H groups in total. The lowest BCUT2D eigenvalue weighted by Crippen LogP contribution is -2.29. The fourth-order valence-electron chi connectivity index (χ4n) is 5.11. The number of Topliss-reactive ketones (excluding diaryl/α,β-unsaturated/α-hetero) is 1. The number of amides is 1. The summed E-state index contributed by atoms with van der Waals surface area (Å²) in [4.78, 5) is 33.2. The molecule has 0 bridgehead atoms. The van der Waals surface area contributed by atoms with Crippen LogP contribution in [-0.2, 0) is 16.0 Å². The van der Waals surface area contributed by atoms with Crippen LogP contribution in [-0.4, -0.2) is 41.6 Å². The van der Waals surface area contributed by atoms with Crippen LogP contribution in [0.5, 0.6) is 17.2 Å². The Morgan fingerprint density at radius 1 is 1.10 bits per heavy atom. The SMILES string of the molecule is CCOc1ccc([C@H]2C(=C(O)c3ccc4c(c3)C[C@H](C)O4)C(=O)C(=O)N2c2nc3ccc(OC)cc3s2)cc1. The molecule has 0 spiro atoms. The minimum Gasteiger partial charge on any atom is -0.507 e. The lowest BCUT2D eigenvalue weighted by molar-refractivity contribution is -0.132. The van der Waals surface area contributed by atoms with Crippen LogP contribution in [0.25, 0.3) is 16.0 Å². The molecule has 1 fully saturated rings. The van der Waals surface area contributed by atoms with Gasteiger partial charge in [-0.15, -0.1) is 0 Å². The summed E-state index contributed by atoms with van der Waals surface area (Å²) in [7, 11) is 1.58. The fraction of sp³-hybridized carbons (Fsp3) is 0.233. The Labute approximate surface area is 229 Å². The molecule has 2 aliphatic rings. The Bertz CT molecular complexity index is 1640. The number of benzene rings is 3. The predicted molar refractivity (Wildman–Crippen MR) is 149 cm³/mol. The molecule has 39 heavy (non-hydrogen) atoms. The second kappa shape index (κ2) is 9.74. The fourth-order valence-corrected chi connectivity index (χ4v) is 6.13. The van der Waals surface area contributed by atoms with E-state index < -0.39 is 17.7 Å². The number of nitrogens with zero attached hydrogens (tertiary/aromatic N) is 2. The number of fused-ring (bicyclic) bond motifs is 2. The molecule has 8 nitrogen and oxygen atoms in total. The predicted octanol–water partition coefficient (Wildman–Crippen LogP) is 5.65. The quantitative estimate of drug-likeness (QED) is 0.191. The van der Waals surface area contributed by atoms with E-state index in [0.717, 1.165) is 16.0 Å². The first-order valence-electron chi connectivity index (χ1n) is 12.7. The molecular weight excluding hydrogens is 516 g/mol. The van der Waals surface area contributed by atoms with Gasteiger partial charge in [-0.2, -0.15) is 0 Å². The summed E-state index contributed by atoms with van der Waals surface area (Å²) >= 11 is 1.28. The van der Waals surface area contributed by atoms with Crippen molar-refractivity contribution in [2.24, 2.45) is 0 Å². The summed E-state index contributed by atoms with van der Waals surface area (Å²) in [6.07, 6.45) is 0.729. The summed E-state index contributed by atoms with van der Waals surface area (Å²) in [5.74, 6) is 0.330. The van der Waals surface area contributed by atoms with Crippen LogP contribution in [0.2, 0.25) is 0 Å². The van der Waals surface area contributed by atoms with Gasteiger partial charge in [0, 0.05) is 12.0 Å². The molecule has 6 rings (SSSR count). The van der Waals surface area contributed by atoms with Crippen LogP contribution in [0.3, 0.4) is 0 Å². The van der Waals surface area contributed by atoms with Crippen LogP contribution in [0, 0.1) is 0 Å². The topological polar surface area (TPSA) is 98.2 Å². The molecule has 198 valence electrons. The Morgan fingerprint density at radius 2 is 1.87 bits per heavy atom. The van der Waals surface area contributed by atoms with E-state index in [0.29, 0.717) is 46.3 Å². The van der Waals surface area contributed by atoms with Gasteiger partial charge in [-0.1, -0.05) is 23.5 Å². The summed E-state index contributed by atoms with van der Waals surface area (Å²) in [6.45, 7) is 4.38. The molecule has 3 heterocycles. The summed E-state index contributed by atoms with van der Waals surface area (Å²) in [6, 6.07) is 17.1. The van der Waals surface area contributed by atoms with Crippen molar-refractivity contribution >= 4 is 44.1 Å². The molecule has 9 heteroatoms. The van der Waals surface area contributed by atoms with Crippen molar-refractivity contribution in [1.29, 1.82) is 0 Å². The monoisotopic (exact) mass is 542 g/mol. The third kappa shape index (κ3) is 4.28. The number of aliphatic hydroxyl groups is 1. The van der Waals surface area contributed by atoms with E-state index in [1.54, 1.807) is 49.6 Å². The van der Waals surface area contributed by atoms with Gasteiger partial charge in [0.1, 0.15) is 29.1 Å². The largest absolute Gasteiger partial charge is 0.507 e. The van der Waals surface area contributed by atoms with Crippen LogP contribution < -0.4 is 19.1 Å². The van der Waals surface area contributed by atoms with E-state index in [9.17, 15) is 14.7 Å². The number of rotatable bonds is 6. The smallest absolute Gasteiger partial charge is 0.301 e. The highest BCUT2D eigenvalue weighted by Crippen LogP contribution is 2.45. The molecular formula is C30H26N2O6S. The maximum absolute atomic E-state index is 13.6. The van der Waals surface area contributed by atoms with Gasteiger partial charge in [-0.3, -0.25) is 14.5 Å². The van der Waals surface area contributed by atoms with Crippen molar-refractivity contribution in [3.8, 4) is 17.2 Å². The van der Waals surface area contributed by atoms with E-state index >= 15 is 0 Å². The molecule has 3 aromatic carbocycles. The Morgan fingerprint density at radius 3 is 2.62 bits per heavy atom. The number of aromatic nitrogens is 1. The number of hydrogen-bond acceptors (Lipinski definition) is 8. The molecule has 4 aromatic rings. The minimum absolute atomic E-state index is 0.00732. The van der Waals surface area contributed by atoms with Crippen molar-refractivity contribution in [3.05, 3.63) is 82.9 Å². The first-order valence-corrected chi connectivity index (χ1v) is 13.5. The van der Waals surface area contributed by atoms with Crippen LogP contribution in [0.15, 0.2) is 66.2 Å². The van der Waals surface area contributed by atoms with Gasteiger partial charge >= 0.3 is 5.91 Å². The first-order chi connectivity index (χ1) is 18.9. The zero-order chi connectivity index (χ0) is 27.3. The highest BCUT2D eigenvalue weighted by molar-refractivity contribution is 7.22. The van der Waals surface area contributed by atoms with E-state index in [4.69, 9.17) is 14.2 Å². The Balaban J connectivity index is 1.51. The molecule has 1 amide bonds. The number of carbonyl (C=O) groups is 2. The molecule has 2 atom stereocenters. The molecule has 0 saturated carbocycles. The Kier molecular flexibility index (Phi) is 6.23. The number of aliphatic hydroxyl groups excluding tert-OH is 1. The maximum atomic E-state index is 13.6. The number of anilines is 1. The van der Waals surface area contributed by atoms with E-state index in [2.05, 4.69) is 4.98 Å². The average molecular weight is 543 g/mol. The highest BCUT2D eigenvalue weighted by Gasteiger charge is 2.48. The summed E-state index contributed by atoms with van der Waals surface area (Å²) < 4.78 is 17.5. The van der Waals surface area contributed by atoms with E-state index in [-0.39, 0.29) is 17.4 Å². The van der Waals surface area contributed by atoms with Crippen LogP contribution in [0.1, 0.15) is 36.6 Å². The number of carbonyl (C=O) groups excluding carboxylic acids is 2. The highest BCUT2D eigenvalue weighted by atomic mass is 32.1. The van der Waals surface area contributed by atoms with Gasteiger partial charge in [-0.05, 0) is 73.5 Å². The first kappa shape index (κ1) is 24.9. The molecule has 2 aliphatic heterocycles. The summed E-state index contributed by atoms with van der Waals surface area (Å²) in [5.41, 5.74) is 2.73. The molecule has 0 radical (unpaired) electrons. The molecule has 0 unspecified atom stereocenters. The molecule has 1 saturated heterocycles. The number of hydrogen-bond donors (Lipinski definition) is 1. The lowest BCUT2D eigenvalue weighted by Gasteiger charge is -2.23. The second-order valence-electron chi connectivity index (χ2n) is 9.46. The van der Waals surface area contributed by atoms with Gasteiger partial charge in [-0.25, -0.2) is 4.98 Å². The van der Waals surface area contributed by atoms with E-state index in [1.165, 1.54) is 16.2 Å². The average Bonchev–Trinajstić information content (AvgIpc) is 3.60. The lowest BCUT2D eigenvalue weighted by atomic mass is 9.94. The van der Waals surface area contributed by atoms with Gasteiger partial charge in [0.05, 0.1) is 35.5 Å². The Hall–Kier alpha value is -4.37. The zero-order valence-electron chi connectivity index (χ0n) is 21.6. The normalized spacial score (nSPS) is 19.8. The summed E-state index contributed by atoms with van der Waals surface area (Å²) in [5, 5.41) is 11.9. The van der Waals surface area contributed by atoms with Crippen molar-refractivity contribution in [2.45, 2.75) is 32.4 Å². The number of methoxy groups -OCH3 is 1. The van der Waals surface area contributed by atoms with Crippen LogP contribution >= 0.6 is 11.3 Å². The van der Waals surface area contributed by atoms with Crippen molar-refractivity contribution in [1.82, 2.24) is 4.98 Å². The van der Waals surface area contributed by atoms with E-state index in [1.807, 2.05) is 32.0 Å². The second-order valence-corrected chi connectivity index (χ2v) is 10.5. The third-order valence-electron chi connectivity index (χ3n) is 6.91. The molecule has 0 aliphatic carbocycles. The van der Waals surface area contributed by atoms with Crippen molar-refractivity contribution < 1.29 is 28.9 Å². The van der Waals surface area contributed by atoms with Gasteiger partial charge in [0.25, 0.3) is 5.78 Å². The number of ether oxygens (including phenoxy) is 3. The minimum atomic E-state index is -0.883. The van der Waals surface area contributed by atoms with Crippen molar-refractivity contribution in [3.63, 3.8) is 0 Å². The zero-order valence-corrected chi connectivity index (χ0v) is 22.5. The number of thiazole rings is 1. The third-order valence-corrected chi connectivity index (χ3v) is 7.93. The van der Waals surface area contributed by atoms with Gasteiger partial charge in [0.2, 0.25) is 0 Å². The van der Waals surface area contributed by atoms with Gasteiger partial charge in [0.15, 0.2) is 5.13 Å². The van der Waals surface area contributed by atoms with Gasteiger partial charge < -0.3 is 19.3 Å². The van der Waals surface area contributed by atoms with Crippen LogP contribution in [0.4, 0.5) is 5.13 Å². The maximum Gasteiger partial charge on any atom is 0.301 e. The standard InChI is InChI=1S/C30H26N2O6S/c1-4-37-20-8-5-17(6-9-20)26-25(27(33)18-7-12-23-19(14-18)13-16(2)38-23)28(34)29(35)32(26)30-31-22-11-10-21(36-3)15-24(22)39-30/h5-12,14-16,26,33H,4,13H2,1-3H3/t16-,26-/m0/s1. The molecule has 1 aromatic heterocycles.